The van der Waals surface area contributed by atoms with E-state index in [0.29, 0.717) is 24.5 Å². The van der Waals surface area contributed by atoms with Crippen molar-refractivity contribution in [3.05, 3.63) is 29.8 Å². The van der Waals surface area contributed by atoms with E-state index in [4.69, 9.17) is 9.90 Å². The van der Waals surface area contributed by atoms with Crippen molar-refractivity contribution in [1.82, 2.24) is 9.21 Å². The van der Waals surface area contributed by atoms with Crippen molar-refractivity contribution in [1.29, 1.82) is 0 Å². The van der Waals surface area contributed by atoms with Gasteiger partial charge in [-0.2, -0.15) is 9.90 Å². The predicted molar refractivity (Wildman–Crippen MR) is 205 cm³/mol. The van der Waals surface area contributed by atoms with Crippen LogP contribution in [0, 0.1) is 11.8 Å². The lowest BCUT2D eigenvalue weighted by Crippen LogP contribution is -2.46. The summed E-state index contributed by atoms with van der Waals surface area (Å²) in [6.45, 7) is 28.5. The molecule has 0 aliphatic carbocycles. The molecule has 0 radical (unpaired) electrons. The highest BCUT2D eigenvalue weighted by atomic mass is 32.2. The first-order valence-corrected chi connectivity index (χ1v) is 17.4. The molecule has 266 valence electrons. The van der Waals surface area contributed by atoms with Gasteiger partial charge in [0.15, 0.2) is 0 Å². The minimum absolute atomic E-state index is 0. The van der Waals surface area contributed by atoms with Crippen LogP contribution in [0.25, 0.3) is 0 Å². The third-order valence-corrected chi connectivity index (χ3v) is 7.84. The third-order valence-electron chi connectivity index (χ3n) is 6.39. The van der Waals surface area contributed by atoms with Gasteiger partial charge >= 0.3 is 0 Å². The number of piperidine rings is 2. The summed E-state index contributed by atoms with van der Waals surface area (Å²) in [6, 6.07) is 8.63. The average Bonchev–Trinajstić information content (AvgIpc) is 2.94. The van der Waals surface area contributed by atoms with Crippen LogP contribution < -0.4 is 4.90 Å². The van der Waals surface area contributed by atoms with Gasteiger partial charge in [-0.1, -0.05) is 79.0 Å². The van der Waals surface area contributed by atoms with Gasteiger partial charge in [-0.05, 0) is 84.2 Å². The quantitative estimate of drug-likeness (QED) is 0.189. The molecule has 3 rings (SSSR count). The van der Waals surface area contributed by atoms with Crippen molar-refractivity contribution in [2.24, 2.45) is 11.8 Å². The SMILES string of the molecule is CC.CC(C)(C)N1CCC(C=O)CC1.CC(C)C.CCC.CN(C)c1cccc(CSN2CCC(=O)CC2(C)C)c1.O=CO.P. The van der Waals surface area contributed by atoms with Crippen LogP contribution in [0.2, 0.25) is 0 Å². The van der Waals surface area contributed by atoms with Crippen LogP contribution in [-0.4, -0.2) is 77.7 Å². The lowest BCUT2D eigenvalue weighted by Gasteiger charge is -2.40. The number of carbonyl (C=O) groups excluding carboxylic acids is 2. The Bertz CT molecular complexity index is 865. The number of carbonyl (C=O) groups is 3. The van der Waals surface area contributed by atoms with Gasteiger partial charge in [0.1, 0.15) is 12.1 Å². The van der Waals surface area contributed by atoms with Crippen molar-refractivity contribution in [3.8, 4) is 0 Å². The molecule has 0 saturated carbocycles. The Labute approximate surface area is 286 Å². The zero-order chi connectivity index (χ0) is 34.9. The Hall–Kier alpha value is -1.47. The van der Waals surface area contributed by atoms with Gasteiger partial charge in [-0.3, -0.25) is 14.5 Å². The Morgan fingerprint density at radius 1 is 1.04 bits per heavy atom. The molecular weight excluding hydrogens is 601 g/mol. The Morgan fingerprint density at radius 2 is 1.51 bits per heavy atom. The fourth-order valence-corrected chi connectivity index (χ4v) is 5.33. The summed E-state index contributed by atoms with van der Waals surface area (Å²) >= 11 is 1.84. The number of hydrogen-bond donors (Lipinski definition) is 1. The maximum absolute atomic E-state index is 11.6. The normalized spacial score (nSPS) is 16.1. The standard InChI is InChI=1S/C16H24N2OS.C10H19NO.C4H10.C3H8.C2H6.CH2O2.H3P/c1-16(2)11-15(19)8-9-18(16)20-12-13-6-5-7-14(10-13)17(3)4;1-10(2,3)11-6-4-9(8-12)5-7-11;1-4(2)3;1-3-2;1-2;2-1-3;/h5-7,10H,8-9,11-12H2,1-4H3;8-9H,4-7H2,1-3H3;4H,1-3H3;3H2,1-2H3;1-2H3;1H,(H,2,3);1H3. The number of nitrogens with zero attached hydrogens (tertiary/aromatic N) is 3. The summed E-state index contributed by atoms with van der Waals surface area (Å²) in [6.07, 6.45) is 5.80. The van der Waals surface area contributed by atoms with Crippen molar-refractivity contribution >= 4 is 46.1 Å². The number of ketones is 1. The number of Topliss-reactive ketones (excluding diaryl/α,β-unsaturated/α-hetero) is 1. The first-order valence-electron chi connectivity index (χ1n) is 16.5. The van der Waals surface area contributed by atoms with Crippen LogP contribution in [0.4, 0.5) is 5.69 Å². The number of aldehydes is 1. The summed E-state index contributed by atoms with van der Waals surface area (Å²) in [7, 11) is 4.12. The molecular formula is C36H72N3O4PS. The second kappa shape index (κ2) is 28.7. The maximum Gasteiger partial charge on any atom is 0.290 e. The Morgan fingerprint density at radius 3 is 1.89 bits per heavy atom. The summed E-state index contributed by atoms with van der Waals surface area (Å²) in [5.74, 6) is 2.50. The van der Waals surface area contributed by atoms with Crippen LogP contribution in [0.3, 0.4) is 0 Å². The van der Waals surface area contributed by atoms with Crippen molar-refractivity contribution in [2.75, 3.05) is 38.6 Å². The van der Waals surface area contributed by atoms with E-state index in [9.17, 15) is 9.59 Å². The van der Waals surface area contributed by atoms with Crippen LogP contribution >= 0.6 is 21.8 Å². The van der Waals surface area contributed by atoms with E-state index in [0.717, 1.165) is 50.4 Å². The lowest BCUT2D eigenvalue weighted by atomic mass is 9.92. The largest absolute Gasteiger partial charge is 0.483 e. The van der Waals surface area contributed by atoms with Crippen LogP contribution in [0.5, 0.6) is 0 Å². The van der Waals surface area contributed by atoms with Crippen molar-refractivity contribution < 1.29 is 19.5 Å². The molecule has 45 heavy (non-hydrogen) atoms. The summed E-state index contributed by atoms with van der Waals surface area (Å²) < 4.78 is 2.37. The minimum atomic E-state index is -0.250. The zero-order valence-corrected chi connectivity index (χ0v) is 33.8. The first kappa shape index (κ1) is 50.4. The fourth-order valence-electron chi connectivity index (χ4n) is 4.21. The number of likely N-dealkylation sites (tertiary alicyclic amines) is 1. The molecule has 1 atom stereocenters. The zero-order valence-electron chi connectivity index (χ0n) is 31.6. The van der Waals surface area contributed by atoms with Crippen LogP contribution in [0.15, 0.2) is 24.3 Å². The molecule has 0 aromatic heterocycles. The highest BCUT2D eigenvalue weighted by molar-refractivity contribution is 7.96. The number of benzene rings is 1. The third kappa shape index (κ3) is 26.3. The summed E-state index contributed by atoms with van der Waals surface area (Å²) in [4.78, 5) is 35.0. The van der Waals surface area contributed by atoms with E-state index in [-0.39, 0.29) is 27.4 Å². The maximum atomic E-state index is 11.6. The topological polar surface area (TPSA) is 81.2 Å². The molecule has 2 heterocycles. The first-order chi connectivity index (χ1) is 20.5. The molecule has 1 N–H and O–H groups in total. The average molecular weight is 674 g/mol. The van der Waals surface area contributed by atoms with Crippen LogP contribution in [-0.2, 0) is 20.1 Å². The molecule has 7 nitrogen and oxygen atoms in total. The van der Waals surface area contributed by atoms with E-state index < -0.39 is 0 Å². The minimum Gasteiger partial charge on any atom is -0.483 e. The van der Waals surface area contributed by atoms with Gasteiger partial charge in [-0.25, -0.2) is 4.31 Å². The van der Waals surface area contributed by atoms with Crippen molar-refractivity contribution in [2.45, 2.75) is 132 Å². The van der Waals surface area contributed by atoms with E-state index >= 15 is 0 Å². The molecule has 1 aromatic rings. The smallest absolute Gasteiger partial charge is 0.290 e. The van der Waals surface area contributed by atoms with E-state index in [2.05, 4.69) is 122 Å². The van der Waals surface area contributed by atoms with Crippen molar-refractivity contribution in [3.63, 3.8) is 0 Å². The molecule has 2 saturated heterocycles. The fraction of sp³-hybridized carbons (Fsp3) is 0.750. The number of hydrogen-bond acceptors (Lipinski definition) is 7. The lowest BCUT2D eigenvalue weighted by molar-refractivity contribution is -0.124. The molecule has 0 spiro atoms. The number of rotatable bonds is 5. The van der Waals surface area contributed by atoms with Gasteiger partial charge in [0.2, 0.25) is 0 Å². The van der Waals surface area contributed by atoms with E-state index in [1.807, 2.05) is 25.8 Å². The number of anilines is 1. The van der Waals surface area contributed by atoms with Gasteiger partial charge < -0.3 is 14.8 Å². The molecule has 9 heteroatoms. The second-order valence-electron chi connectivity index (χ2n) is 13.4. The molecule has 0 amide bonds. The summed E-state index contributed by atoms with van der Waals surface area (Å²) in [5, 5.41) is 6.89. The molecule has 2 aliphatic rings. The molecule has 1 aromatic carbocycles. The molecule has 2 fully saturated rings. The highest BCUT2D eigenvalue weighted by Crippen LogP contribution is 2.33. The van der Waals surface area contributed by atoms with Gasteiger partial charge in [0.25, 0.3) is 6.47 Å². The molecule has 1 unspecified atom stereocenters. The van der Waals surface area contributed by atoms with Gasteiger partial charge in [-0.15, -0.1) is 0 Å². The Balaban J connectivity index is -0.000000286. The monoisotopic (exact) mass is 673 g/mol. The van der Waals surface area contributed by atoms with Gasteiger partial charge in [0.05, 0.1) is 0 Å². The molecule has 0 bridgehead atoms. The molecule has 2 aliphatic heterocycles. The van der Waals surface area contributed by atoms with Gasteiger partial charge in [0, 0.05) is 61.9 Å². The predicted octanol–water partition coefficient (Wildman–Crippen LogP) is 8.90. The van der Waals surface area contributed by atoms with E-state index in [1.54, 1.807) is 0 Å². The second-order valence-corrected chi connectivity index (χ2v) is 14.4. The highest BCUT2D eigenvalue weighted by Gasteiger charge is 2.34. The number of carboxylic acid groups (broad SMARTS) is 1. The summed E-state index contributed by atoms with van der Waals surface area (Å²) in [5.41, 5.74) is 2.80. The Kier molecular flexibility index (Phi) is 32.2. The van der Waals surface area contributed by atoms with E-state index in [1.165, 1.54) is 17.7 Å². The van der Waals surface area contributed by atoms with Crippen LogP contribution in [0.1, 0.15) is 121 Å².